The maximum absolute atomic E-state index is 5.51. The zero-order valence-corrected chi connectivity index (χ0v) is 7.77. The fourth-order valence-electron chi connectivity index (χ4n) is 1.23. The molecule has 0 aliphatic heterocycles. The van der Waals surface area contributed by atoms with E-state index in [0.717, 1.165) is 18.0 Å². The van der Waals surface area contributed by atoms with Gasteiger partial charge < -0.3 is 11.1 Å². The van der Waals surface area contributed by atoms with E-state index in [2.05, 4.69) is 18.0 Å². The third kappa shape index (κ3) is 3.09. The maximum Gasteiger partial charge on any atom is 0.0328 e. The van der Waals surface area contributed by atoms with Crippen LogP contribution in [-0.2, 0) is 0 Å². The number of rotatable bonds is 5. The molecule has 0 unspecified atom stereocenters. The number of nitrogens with two attached hydrogens (primary N) is 1. The predicted octanol–water partition coefficient (Wildman–Crippen LogP) is 1.40. The molecule has 2 nitrogen and oxygen atoms in total. The highest BCUT2D eigenvalue weighted by atomic mass is 14.9. The van der Waals surface area contributed by atoms with E-state index < -0.39 is 0 Å². The van der Waals surface area contributed by atoms with E-state index in [1.807, 2.05) is 7.05 Å². The summed E-state index contributed by atoms with van der Waals surface area (Å²) in [6.45, 7) is 4.57. The topological polar surface area (TPSA) is 38.0 Å². The first kappa shape index (κ1) is 9.33. The second kappa shape index (κ2) is 4.31. The minimum absolute atomic E-state index is 0.570. The first-order valence-electron chi connectivity index (χ1n) is 4.52. The first-order chi connectivity index (χ1) is 5.76. The van der Waals surface area contributed by atoms with Gasteiger partial charge in [-0.25, -0.2) is 0 Å². The van der Waals surface area contributed by atoms with Crippen LogP contribution in [0.4, 0.5) is 0 Å². The van der Waals surface area contributed by atoms with Crippen molar-refractivity contribution in [2.45, 2.75) is 19.3 Å². The number of likely N-dealkylation sites (N-methyl/N-ethyl adjacent to an activating group) is 1. The third-order valence-corrected chi connectivity index (χ3v) is 2.17. The average molecular weight is 166 g/mol. The van der Waals surface area contributed by atoms with Gasteiger partial charge in [-0.05, 0) is 31.3 Å². The van der Waals surface area contributed by atoms with Crippen LogP contribution in [0.3, 0.4) is 0 Å². The molecule has 1 fully saturated rings. The van der Waals surface area contributed by atoms with Gasteiger partial charge in [-0.15, -0.1) is 0 Å². The van der Waals surface area contributed by atoms with Crippen LogP contribution < -0.4 is 11.1 Å². The fraction of sp³-hybridized carbons (Fsp3) is 0.600. The molecule has 0 heterocycles. The molecule has 0 aromatic heterocycles. The lowest BCUT2D eigenvalue weighted by atomic mass is 10.1. The highest BCUT2D eigenvalue weighted by Crippen LogP contribution is 2.35. The second-order valence-electron chi connectivity index (χ2n) is 3.43. The summed E-state index contributed by atoms with van der Waals surface area (Å²) in [6, 6.07) is 0. The Hall–Kier alpha value is -0.760. The summed E-state index contributed by atoms with van der Waals surface area (Å²) in [5.74, 6) is 0.907. The van der Waals surface area contributed by atoms with Gasteiger partial charge in [0.1, 0.15) is 0 Å². The molecule has 0 saturated heterocycles. The normalized spacial score (nSPS) is 17.7. The molecule has 1 rings (SSSR count). The van der Waals surface area contributed by atoms with Gasteiger partial charge in [0, 0.05) is 19.3 Å². The summed E-state index contributed by atoms with van der Waals surface area (Å²) >= 11 is 0. The molecule has 1 aliphatic rings. The second-order valence-corrected chi connectivity index (χ2v) is 3.43. The molecule has 0 aromatic rings. The quantitative estimate of drug-likeness (QED) is 0.606. The van der Waals surface area contributed by atoms with E-state index in [1.54, 1.807) is 0 Å². The summed E-state index contributed by atoms with van der Waals surface area (Å²) in [5.41, 5.74) is 7.78. The Kier molecular flexibility index (Phi) is 3.35. The van der Waals surface area contributed by atoms with Crippen molar-refractivity contribution in [1.82, 2.24) is 5.32 Å². The van der Waals surface area contributed by atoms with E-state index >= 15 is 0 Å². The van der Waals surface area contributed by atoms with Crippen LogP contribution in [0.1, 0.15) is 19.3 Å². The van der Waals surface area contributed by atoms with E-state index in [1.165, 1.54) is 18.4 Å². The number of hydrogen-bond acceptors (Lipinski definition) is 2. The molecule has 0 atom stereocenters. The van der Waals surface area contributed by atoms with Crippen molar-refractivity contribution in [3.05, 3.63) is 23.9 Å². The molecule has 3 N–H and O–H groups in total. The van der Waals surface area contributed by atoms with Crippen molar-refractivity contribution in [3.63, 3.8) is 0 Å². The lowest BCUT2D eigenvalue weighted by Crippen LogP contribution is -2.15. The molecule has 1 saturated carbocycles. The van der Waals surface area contributed by atoms with Crippen LogP contribution >= 0.6 is 0 Å². The number of hydrogen-bond donors (Lipinski definition) is 2. The van der Waals surface area contributed by atoms with Crippen molar-refractivity contribution in [2.75, 3.05) is 13.6 Å². The minimum atomic E-state index is 0.570. The molecule has 0 amide bonds. The standard InChI is InChI=1S/C10H18N2/c1-8(5-9-3-4-9)6-10(7-11)12-2/h6,9,12H,1,3-5,7,11H2,2H3/b10-6-. The van der Waals surface area contributed by atoms with Gasteiger partial charge in [-0.3, -0.25) is 0 Å². The van der Waals surface area contributed by atoms with Gasteiger partial charge in [0.05, 0.1) is 0 Å². The summed E-state index contributed by atoms with van der Waals surface area (Å²) in [4.78, 5) is 0. The number of allylic oxidation sites excluding steroid dienone is 2. The Morgan fingerprint density at radius 3 is 2.75 bits per heavy atom. The maximum atomic E-state index is 5.51. The summed E-state index contributed by atoms with van der Waals surface area (Å²) in [5, 5.41) is 3.05. The van der Waals surface area contributed by atoms with Gasteiger partial charge >= 0.3 is 0 Å². The molecular formula is C10H18N2. The highest BCUT2D eigenvalue weighted by Gasteiger charge is 2.21. The lowest BCUT2D eigenvalue weighted by molar-refractivity contribution is 0.830. The Morgan fingerprint density at radius 2 is 2.33 bits per heavy atom. The van der Waals surface area contributed by atoms with Gasteiger partial charge in [0.2, 0.25) is 0 Å². The SMILES string of the molecule is C=C(/C=C(/CN)NC)CC1CC1. The third-order valence-electron chi connectivity index (χ3n) is 2.17. The van der Waals surface area contributed by atoms with Gasteiger partial charge in [-0.2, -0.15) is 0 Å². The van der Waals surface area contributed by atoms with Crippen molar-refractivity contribution in [2.24, 2.45) is 11.7 Å². The van der Waals surface area contributed by atoms with E-state index in [9.17, 15) is 0 Å². The van der Waals surface area contributed by atoms with E-state index in [-0.39, 0.29) is 0 Å². The van der Waals surface area contributed by atoms with E-state index in [4.69, 9.17) is 5.73 Å². The lowest BCUT2D eigenvalue weighted by Gasteiger charge is -2.04. The predicted molar refractivity (Wildman–Crippen MR) is 52.7 cm³/mol. The molecule has 68 valence electrons. The smallest absolute Gasteiger partial charge is 0.0328 e. The van der Waals surface area contributed by atoms with Gasteiger partial charge in [-0.1, -0.05) is 12.2 Å². The van der Waals surface area contributed by atoms with E-state index in [0.29, 0.717) is 6.54 Å². The average Bonchev–Trinajstić information content (AvgIpc) is 2.84. The molecule has 0 bridgehead atoms. The van der Waals surface area contributed by atoms with Crippen LogP contribution in [0.5, 0.6) is 0 Å². The molecule has 2 heteroatoms. The van der Waals surface area contributed by atoms with Crippen LogP contribution in [0.15, 0.2) is 23.9 Å². The Labute approximate surface area is 74.5 Å². The Balaban J connectivity index is 2.34. The van der Waals surface area contributed by atoms with Crippen molar-refractivity contribution >= 4 is 0 Å². The van der Waals surface area contributed by atoms with Gasteiger partial charge in [0.25, 0.3) is 0 Å². The van der Waals surface area contributed by atoms with Crippen molar-refractivity contribution < 1.29 is 0 Å². The number of nitrogens with one attached hydrogen (secondary N) is 1. The van der Waals surface area contributed by atoms with Gasteiger partial charge in [0.15, 0.2) is 0 Å². The monoisotopic (exact) mass is 166 g/mol. The van der Waals surface area contributed by atoms with Crippen LogP contribution in [0.2, 0.25) is 0 Å². The summed E-state index contributed by atoms with van der Waals surface area (Å²) in [6.07, 6.45) is 5.97. The zero-order chi connectivity index (χ0) is 8.97. The molecule has 0 radical (unpaired) electrons. The van der Waals surface area contributed by atoms with Crippen molar-refractivity contribution in [1.29, 1.82) is 0 Å². The first-order valence-corrected chi connectivity index (χ1v) is 4.52. The largest absolute Gasteiger partial charge is 0.390 e. The highest BCUT2D eigenvalue weighted by molar-refractivity contribution is 5.21. The fourth-order valence-corrected chi connectivity index (χ4v) is 1.23. The Bertz CT molecular complexity index is 184. The molecule has 12 heavy (non-hydrogen) atoms. The minimum Gasteiger partial charge on any atom is -0.390 e. The summed E-state index contributed by atoms with van der Waals surface area (Å²) < 4.78 is 0. The molecule has 1 aliphatic carbocycles. The van der Waals surface area contributed by atoms with Crippen LogP contribution in [0, 0.1) is 5.92 Å². The van der Waals surface area contributed by atoms with Crippen LogP contribution in [-0.4, -0.2) is 13.6 Å². The molecular weight excluding hydrogens is 148 g/mol. The summed E-state index contributed by atoms with van der Waals surface area (Å²) in [7, 11) is 1.89. The Morgan fingerprint density at radius 1 is 1.67 bits per heavy atom. The molecule has 0 spiro atoms. The van der Waals surface area contributed by atoms with Crippen LogP contribution in [0.25, 0.3) is 0 Å². The zero-order valence-electron chi connectivity index (χ0n) is 7.77. The van der Waals surface area contributed by atoms with Crippen molar-refractivity contribution in [3.8, 4) is 0 Å². The molecule has 0 aromatic carbocycles.